The first kappa shape index (κ1) is 42.6. The van der Waals surface area contributed by atoms with Crippen molar-refractivity contribution in [2.45, 2.75) is 76.8 Å². The number of fused-ring (bicyclic) bond motifs is 1. The summed E-state index contributed by atoms with van der Waals surface area (Å²) in [6, 6.07) is 13.5. The Morgan fingerprint density at radius 3 is 2.00 bits per heavy atom. The molecule has 11 heteroatoms. The van der Waals surface area contributed by atoms with Crippen LogP contribution >= 0.6 is 27.7 Å². The summed E-state index contributed by atoms with van der Waals surface area (Å²) in [5.41, 5.74) is 7.29. The number of carbonyl (C=O) groups is 1. The molecular formula is C31H54N3O4P3S. The number of nitrogens with zero attached hydrogens (tertiary/aromatic N) is 1. The van der Waals surface area contributed by atoms with Gasteiger partial charge >= 0.3 is 0 Å². The molecule has 1 fully saturated rings. The van der Waals surface area contributed by atoms with Crippen LogP contribution in [0.3, 0.4) is 0 Å². The van der Waals surface area contributed by atoms with Gasteiger partial charge in [-0.15, -0.1) is 40.6 Å². The molecule has 0 saturated carbocycles. The molecule has 2 heterocycles. The van der Waals surface area contributed by atoms with Crippen LogP contribution in [-0.4, -0.2) is 57.2 Å². The highest BCUT2D eigenvalue weighted by Gasteiger charge is 2.25. The smallest absolute Gasteiger partial charge is 0.243 e. The van der Waals surface area contributed by atoms with E-state index in [1.165, 1.54) is 18.1 Å². The third-order valence-corrected chi connectivity index (χ3v) is 7.93. The number of aryl methyl sites for hydroxylation is 1. The van der Waals surface area contributed by atoms with E-state index in [1.54, 1.807) is 16.4 Å². The zero-order valence-electron chi connectivity index (χ0n) is 26.4. The Balaban J connectivity index is 0. The van der Waals surface area contributed by atoms with Crippen LogP contribution in [0, 0.1) is 12.8 Å². The third kappa shape index (κ3) is 18.2. The summed E-state index contributed by atoms with van der Waals surface area (Å²) in [4.78, 5) is 9.63. The zero-order valence-corrected chi connectivity index (χ0v) is 30.6. The Kier molecular flexibility index (Phi) is 24.2. The lowest BCUT2D eigenvalue weighted by Crippen LogP contribution is -2.35. The fraction of sp³-hybridized carbons (Fsp3) is 0.516. The molecule has 0 spiro atoms. The maximum atomic E-state index is 12.2. The van der Waals surface area contributed by atoms with Crippen molar-refractivity contribution in [1.29, 1.82) is 0 Å². The van der Waals surface area contributed by atoms with Gasteiger partial charge < -0.3 is 15.8 Å². The highest BCUT2D eigenvalue weighted by atomic mass is 32.2. The SMILES string of the molecule is C#C.CC(C)(C)NCc1ccc2c(c1)OCCC2.CC(N)=O.CP.CP.O=S(=O)(c1ccc(P)cc1)N1CCCCC1. The molecular weight excluding hydrogens is 603 g/mol. The lowest BCUT2D eigenvalue weighted by atomic mass is 10.0. The van der Waals surface area contributed by atoms with Crippen molar-refractivity contribution < 1.29 is 17.9 Å². The van der Waals surface area contributed by atoms with Gasteiger partial charge in [0.05, 0.1) is 11.5 Å². The maximum absolute atomic E-state index is 12.2. The van der Waals surface area contributed by atoms with Crippen LogP contribution in [0.1, 0.15) is 64.5 Å². The van der Waals surface area contributed by atoms with Crippen molar-refractivity contribution in [3.8, 4) is 18.6 Å². The van der Waals surface area contributed by atoms with Gasteiger partial charge in [-0.3, -0.25) is 4.79 Å². The molecule has 2 aromatic rings. The minimum Gasteiger partial charge on any atom is -0.493 e. The summed E-state index contributed by atoms with van der Waals surface area (Å²) in [7, 11) is 4.13. The lowest BCUT2D eigenvalue weighted by Gasteiger charge is -2.25. The van der Waals surface area contributed by atoms with Crippen molar-refractivity contribution in [2.75, 3.05) is 33.0 Å². The van der Waals surface area contributed by atoms with Gasteiger partial charge in [-0.05, 0) is 81.1 Å². The average Bonchev–Trinajstić information content (AvgIpc) is 2.99. The Morgan fingerprint density at radius 2 is 1.50 bits per heavy atom. The van der Waals surface area contributed by atoms with Crippen LogP contribution in [0.4, 0.5) is 0 Å². The first-order valence-corrected chi connectivity index (χ1v) is 18.3. The second kappa shape index (κ2) is 23.8. The van der Waals surface area contributed by atoms with Crippen LogP contribution in [0.2, 0.25) is 0 Å². The molecule has 238 valence electrons. The number of hydrogen-bond acceptors (Lipinski definition) is 5. The number of benzene rings is 2. The van der Waals surface area contributed by atoms with Crippen LogP contribution < -0.4 is 21.1 Å². The first-order valence-electron chi connectivity index (χ1n) is 14.0. The quantitative estimate of drug-likeness (QED) is 0.357. The Bertz CT molecular complexity index is 1130. The molecule has 3 unspecified atom stereocenters. The molecule has 1 saturated heterocycles. The summed E-state index contributed by atoms with van der Waals surface area (Å²) in [5.74, 6) is 0.749. The number of carbonyl (C=O) groups excluding carboxylic acids is 1. The van der Waals surface area contributed by atoms with Gasteiger partial charge in [0.25, 0.3) is 0 Å². The number of sulfonamides is 1. The minimum atomic E-state index is -3.25. The van der Waals surface area contributed by atoms with Gasteiger partial charge in [0, 0.05) is 32.1 Å². The Labute approximate surface area is 263 Å². The van der Waals surface area contributed by atoms with Crippen molar-refractivity contribution >= 4 is 49.0 Å². The summed E-state index contributed by atoms with van der Waals surface area (Å²) in [6.07, 6.45) is 13.4. The van der Waals surface area contributed by atoms with Crippen LogP contribution in [0.25, 0.3) is 0 Å². The van der Waals surface area contributed by atoms with E-state index in [4.69, 9.17) is 4.74 Å². The van der Waals surface area contributed by atoms with E-state index in [1.807, 2.05) is 25.5 Å². The molecule has 3 atom stereocenters. The molecule has 7 nitrogen and oxygen atoms in total. The van der Waals surface area contributed by atoms with E-state index in [0.29, 0.717) is 18.0 Å². The second-order valence-electron chi connectivity index (χ2n) is 10.1. The molecule has 2 aliphatic rings. The minimum absolute atomic E-state index is 0.163. The van der Waals surface area contributed by atoms with Crippen molar-refractivity contribution in [2.24, 2.45) is 5.73 Å². The van der Waals surface area contributed by atoms with E-state index in [2.05, 4.69) is 90.6 Å². The number of nitrogens with one attached hydrogen (secondary N) is 1. The number of nitrogens with two attached hydrogens (primary N) is 1. The fourth-order valence-corrected chi connectivity index (χ4v) is 5.47. The molecule has 2 aromatic carbocycles. The molecule has 0 aliphatic carbocycles. The Hall–Kier alpha value is -1.57. The molecule has 2 aliphatic heterocycles. The summed E-state index contributed by atoms with van der Waals surface area (Å²) >= 11 is 0. The highest BCUT2D eigenvalue weighted by Crippen LogP contribution is 2.26. The molecule has 3 N–H and O–H groups in total. The summed E-state index contributed by atoms with van der Waals surface area (Å²) in [5, 5.41) is 4.49. The highest BCUT2D eigenvalue weighted by molar-refractivity contribution is 7.89. The summed E-state index contributed by atoms with van der Waals surface area (Å²) < 4.78 is 31.7. The zero-order chi connectivity index (χ0) is 32.8. The topological polar surface area (TPSA) is 102 Å². The summed E-state index contributed by atoms with van der Waals surface area (Å²) in [6.45, 7) is 14.8. The number of hydrogen-bond donors (Lipinski definition) is 2. The standard InChI is InChI=1S/C14H21NO.C11H16NO2PS.C2H5NO.C2H2.2CH5P/c1-14(2,3)15-10-11-6-7-12-5-4-8-16-13(12)9-11;13-16(14,12-8-2-1-3-9-12)11-6-4-10(15)5-7-11;1-2(3)4;3*1-2/h6-7,9,15H,4-5,8,10H2,1-3H3;4-7H,1-3,8-9,15H2;1H3,(H2,3,4);1-2H;2*2H2,1H3. The molecule has 42 heavy (non-hydrogen) atoms. The Morgan fingerprint density at radius 1 is 0.976 bits per heavy atom. The van der Waals surface area contributed by atoms with E-state index < -0.39 is 10.0 Å². The number of ether oxygens (including phenoxy) is 1. The van der Waals surface area contributed by atoms with Gasteiger partial charge in [-0.2, -0.15) is 4.31 Å². The van der Waals surface area contributed by atoms with E-state index >= 15 is 0 Å². The largest absolute Gasteiger partial charge is 0.493 e. The predicted octanol–water partition coefficient (Wildman–Crippen LogP) is 4.98. The molecule has 4 rings (SSSR count). The van der Waals surface area contributed by atoms with Crippen LogP contribution in [-0.2, 0) is 27.8 Å². The van der Waals surface area contributed by atoms with Crippen LogP contribution in [0.15, 0.2) is 47.4 Å². The van der Waals surface area contributed by atoms with Gasteiger partial charge in [0.15, 0.2) is 0 Å². The number of terminal acetylenes is 1. The maximum Gasteiger partial charge on any atom is 0.243 e. The first-order chi connectivity index (χ1) is 19.9. The normalized spacial score (nSPS) is 13.9. The monoisotopic (exact) mass is 657 g/mol. The van der Waals surface area contributed by atoms with Gasteiger partial charge in [-0.1, -0.05) is 44.0 Å². The number of rotatable bonds is 4. The van der Waals surface area contributed by atoms with Gasteiger partial charge in [0.1, 0.15) is 5.75 Å². The molecule has 0 aromatic heterocycles. The molecule has 0 radical (unpaired) electrons. The van der Waals surface area contributed by atoms with Crippen LogP contribution in [0.5, 0.6) is 5.75 Å². The molecule has 0 bridgehead atoms. The van der Waals surface area contributed by atoms with Crippen molar-refractivity contribution in [3.05, 3.63) is 53.6 Å². The lowest BCUT2D eigenvalue weighted by molar-refractivity contribution is -0.115. The van der Waals surface area contributed by atoms with Crippen molar-refractivity contribution in [3.63, 3.8) is 0 Å². The van der Waals surface area contributed by atoms with Crippen molar-refractivity contribution in [1.82, 2.24) is 9.62 Å². The predicted molar refractivity (Wildman–Crippen MR) is 191 cm³/mol. The number of amides is 1. The molecule has 1 amide bonds. The average molecular weight is 658 g/mol. The van der Waals surface area contributed by atoms with Gasteiger partial charge in [0.2, 0.25) is 15.9 Å². The number of piperidine rings is 1. The van der Waals surface area contributed by atoms with E-state index in [-0.39, 0.29) is 11.4 Å². The van der Waals surface area contributed by atoms with Gasteiger partial charge in [-0.25, -0.2) is 8.42 Å². The third-order valence-electron chi connectivity index (χ3n) is 5.64. The number of primary amides is 1. The van der Waals surface area contributed by atoms with E-state index in [9.17, 15) is 13.2 Å². The van der Waals surface area contributed by atoms with E-state index in [0.717, 1.165) is 56.3 Å². The second-order valence-corrected chi connectivity index (χ2v) is 12.7. The fourth-order valence-electron chi connectivity index (χ4n) is 3.76.